The van der Waals surface area contributed by atoms with Crippen LogP contribution in [0, 0.1) is 6.92 Å². The molecule has 0 radical (unpaired) electrons. The third kappa shape index (κ3) is 2.69. The predicted octanol–water partition coefficient (Wildman–Crippen LogP) is 4.07. The molecule has 1 fully saturated rings. The summed E-state index contributed by atoms with van der Waals surface area (Å²) < 4.78 is 6.29. The van der Waals surface area contributed by atoms with Gasteiger partial charge in [0.2, 0.25) is 0 Å². The van der Waals surface area contributed by atoms with Crippen molar-refractivity contribution in [3.8, 4) is 0 Å². The average molecular weight is 362 g/mol. The standard InChI is InChI=1S/C16H18N4O2S2/c1-3-10-13(9(2)19-22-10)17-14(21)11-8-12-15(23-11)18-16(24-12)20-6-4-5-7-20/h8H,3-7H2,1-2H3,(H,17,21). The lowest BCUT2D eigenvalue weighted by atomic mass is 10.2. The Balaban J connectivity index is 1.56. The summed E-state index contributed by atoms with van der Waals surface area (Å²) in [5, 5.41) is 7.92. The van der Waals surface area contributed by atoms with Gasteiger partial charge in [0, 0.05) is 19.5 Å². The molecule has 0 bridgehead atoms. The number of aromatic nitrogens is 2. The molecule has 6 nitrogen and oxygen atoms in total. The number of hydrogen-bond acceptors (Lipinski definition) is 7. The van der Waals surface area contributed by atoms with E-state index < -0.39 is 0 Å². The largest absolute Gasteiger partial charge is 0.359 e. The first-order valence-electron chi connectivity index (χ1n) is 8.07. The van der Waals surface area contributed by atoms with Gasteiger partial charge in [-0.15, -0.1) is 11.3 Å². The second kappa shape index (κ2) is 6.18. The molecule has 0 atom stereocenters. The van der Waals surface area contributed by atoms with Crippen molar-refractivity contribution in [1.82, 2.24) is 10.1 Å². The highest BCUT2D eigenvalue weighted by Crippen LogP contribution is 2.36. The topological polar surface area (TPSA) is 71.3 Å². The van der Waals surface area contributed by atoms with E-state index in [9.17, 15) is 4.79 Å². The molecule has 0 spiro atoms. The van der Waals surface area contributed by atoms with Crippen molar-refractivity contribution in [2.24, 2.45) is 0 Å². The molecule has 0 unspecified atom stereocenters. The lowest BCUT2D eigenvalue weighted by Crippen LogP contribution is -2.16. The smallest absolute Gasteiger partial charge is 0.266 e. The Labute approximate surface area is 147 Å². The molecule has 0 aromatic carbocycles. The second-order valence-corrected chi connectivity index (χ2v) is 7.88. The third-order valence-electron chi connectivity index (χ3n) is 4.17. The van der Waals surface area contributed by atoms with E-state index in [1.54, 1.807) is 11.3 Å². The van der Waals surface area contributed by atoms with Crippen LogP contribution in [0.4, 0.5) is 10.8 Å². The van der Waals surface area contributed by atoms with Gasteiger partial charge in [0.05, 0.1) is 9.58 Å². The molecule has 0 aliphatic carbocycles. The molecule has 8 heteroatoms. The summed E-state index contributed by atoms with van der Waals surface area (Å²) in [5.74, 6) is 0.572. The number of nitrogens with zero attached hydrogens (tertiary/aromatic N) is 3. The van der Waals surface area contributed by atoms with Crippen LogP contribution in [-0.2, 0) is 6.42 Å². The number of fused-ring (bicyclic) bond motifs is 1. The van der Waals surface area contributed by atoms with E-state index in [2.05, 4.69) is 15.4 Å². The number of aryl methyl sites for hydroxylation is 2. The predicted molar refractivity (Wildman–Crippen MR) is 97.5 cm³/mol. The van der Waals surface area contributed by atoms with Gasteiger partial charge in [-0.2, -0.15) is 0 Å². The first-order valence-corrected chi connectivity index (χ1v) is 9.71. The van der Waals surface area contributed by atoms with Crippen LogP contribution in [0.3, 0.4) is 0 Å². The zero-order valence-electron chi connectivity index (χ0n) is 13.6. The van der Waals surface area contributed by atoms with Crippen molar-refractivity contribution in [1.29, 1.82) is 0 Å². The quantitative estimate of drug-likeness (QED) is 0.757. The summed E-state index contributed by atoms with van der Waals surface area (Å²) in [5.41, 5.74) is 1.39. The third-order valence-corrected chi connectivity index (χ3v) is 6.39. The molecule has 1 saturated heterocycles. The van der Waals surface area contributed by atoms with Crippen LogP contribution in [0.25, 0.3) is 9.53 Å². The highest BCUT2D eigenvalue weighted by atomic mass is 32.1. The zero-order chi connectivity index (χ0) is 16.7. The summed E-state index contributed by atoms with van der Waals surface area (Å²) in [6.07, 6.45) is 3.16. The first-order chi connectivity index (χ1) is 11.7. The van der Waals surface area contributed by atoms with Gasteiger partial charge in [-0.25, -0.2) is 4.98 Å². The number of rotatable bonds is 4. The molecular weight excluding hydrogens is 344 g/mol. The Morgan fingerprint density at radius 1 is 1.38 bits per heavy atom. The fraction of sp³-hybridized carbons (Fsp3) is 0.438. The Hall–Kier alpha value is -1.93. The molecule has 4 rings (SSSR count). The summed E-state index contributed by atoms with van der Waals surface area (Å²) in [4.78, 5) is 21.2. The molecule has 1 N–H and O–H groups in total. The minimum Gasteiger partial charge on any atom is -0.359 e. The Kier molecular flexibility index (Phi) is 4.01. The first kappa shape index (κ1) is 15.6. The van der Waals surface area contributed by atoms with Gasteiger partial charge >= 0.3 is 0 Å². The Bertz CT molecular complexity index is 858. The van der Waals surface area contributed by atoms with Crippen LogP contribution in [-0.4, -0.2) is 29.1 Å². The maximum absolute atomic E-state index is 12.5. The number of thiazole rings is 1. The van der Waals surface area contributed by atoms with Crippen molar-refractivity contribution in [2.75, 3.05) is 23.3 Å². The Morgan fingerprint density at radius 2 is 2.17 bits per heavy atom. The van der Waals surface area contributed by atoms with E-state index in [4.69, 9.17) is 9.51 Å². The van der Waals surface area contributed by atoms with Crippen LogP contribution < -0.4 is 10.2 Å². The minimum absolute atomic E-state index is 0.131. The lowest BCUT2D eigenvalue weighted by Gasteiger charge is -2.11. The van der Waals surface area contributed by atoms with Crippen molar-refractivity contribution < 1.29 is 9.32 Å². The van der Waals surface area contributed by atoms with Gasteiger partial charge in [0.15, 0.2) is 10.9 Å². The van der Waals surface area contributed by atoms with Crippen LogP contribution >= 0.6 is 22.7 Å². The van der Waals surface area contributed by atoms with Crippen LogP contribution in [0.1, 0.15) is 40.9 Å². The number of carbonyl (C=O) groups excluding carboxylic acids is 1. The molecule has 0 saturated carbocycles. The molecule has 1 aliphatic heterocycles. The summed E-state index contributed by atoms with van der Waals surface area (Å²) in [7, 11) is 0. The average Bonchev–Trinajstić information content (AvgIpc) is 3.30. The van der Waals surface area contributed by atoms with Crippen molar-refractivity contribution in [3.63, 3.8) is 0 Å². The zero-order valence-corrected chi connectivity index (χ0v) is 15.2. The highest BCUT2D eigenvalue weighted by Gasteiger charge is 2.21. The normalized spacial score (nSPS) is 14.7. The van der Waals surface area contributed by atoms with Gasteiger partial charge in [-0.3, -0.25) is 4.79 Å². The van der Waals surface area contributed by atoms with Gasteiger partial charge < -0.3 is 14.7 Å². The fourth-order valence-electron chi connectivity index (χ4n) is 2.87. The van der Waals surface area contributed by atoms with Gasteiger partial charge in [-0.1, -0.05) is 23.4 Å². The molecule has 126 valence electrons. The van der Waals surface area contributed by atoms with Gasteiger partial charge in [0.25, 0.3) is 5.91 Å². The molecule has 1 amide bonds. The molecule has 24 heavy (non-hydrogen) atoms. The summed E-state index contributed by atoms with van der Waals surface area (Å²) >= 11 is 3.10. The lowest BCUT2D eigenvalue weighted by molar-refractivity contribution is 0.103. The van der Waals surface area contributed by atoms with Crippen LogP contribution in [0.15, 0.2) is 10.6 Å². The SMILES string of the molecule is CCc1onc(C)c1NC(=O)c1cc2sc(N3CCCC3)nc2s1. The number of nitrogens with one attached hydrogen (secondary N) is 1. The molecule has 4 heterocycles. The molecule has 1 aliphatic rings. The van der Waals surface area contributed by atoms with Crippen molar-refractivity contribution >= 4 is 48.9 Å². The molecule has 3 aromatic rings. The van der Waals surface area contributed by atoms with Gasteiger partial charge in [-0.05, 0) is 25.8 Å². The number of amides is 1. The van der Waals surface area contributed by atoms with Crippen LogP contribution in [0.5, 0.6) is 0 Å². The van der Waals surface area contributed by atoms with E-state index in [0.717, 1.165) is 27.8 Å². The summed E-state index contributed by atoms with van der Waals surface area (Å²) in [6, 6.07) is 1.93. The monoisotopic (exact) mass is 362 g/mol. The number of thiophene rings is 1. The van der Waals surface area contributed by atoms with E-state index in [-0.39, 0.29) is 5.91 Å². The van der Waals surface area contributed by atoms with Crippen molar-refractivity contribution in [3.05, 3.63) is 22.4 Å². The Morgan fingerprint density at radius 3 is 2.88 bits per heavy atom. The second-order valence-electron chi connectivity index (χ2n) is 5.84. The van der Waals surface area contributed by atoms with Crippen molar-refractivity contribution in [2.45, 2.75) is 33.1 Å². The summed E-state index contributed by atoms with van der Waals surface area (Å²) in [6.45, 7) is 5.97. The number of hydrogen-bond donors (Lipinski definition) is 1. The van der Waals surface area contributed by atoms with E-state index in [0.29, 0.717) is 28.4 Å². The number of carbonyl (C=O) groups is 1. The van der Waals surface area contributed by atoms with E-state index in [1.807, 2.05) is 19.9 Å². The maximum Gasteiger partial charge on any atom is 0.266 e. The molecular formula is C16H18N4O2S2. The van der Waals surface area contributed by atoms with Gasteiger partial charge in [0.1, 0.15) is 16.2 Å². The highest BCUT2D eigenvalue weighted by molar-refractivity contribution is 7.29. The van der Waals surface area contributed by atoms with Crippen LogP contribution in [0.2, 0.25) is 0 Å². The fourth-order valence-corrected chi connectivity index (χ4v) is 5.03. The maximum atomic E-state index is 12.5. The van der Waals surface area contributed by atoms with E-state index >= 15 is 0 Å². The van der Waals surface area contributed by atoms with E-state index in [1.165, 1.54) is 24.2 Å². The number of anilines is 2. The molecule has 3 aromatic heterocycles. The minimum atomic E-state index is -0.131.